The van der Waals surface area contributed by atoms with Crippen LogP contribution < -0.4 is 0 Å². The lowest BCUT2D eigenvalue weighted by Gasteiger charge is -2.30. The van der Waals surface area contributed by atoms with Crippen LogP contribution in [0.3, 0.4) is 0 Å². The molecule has 0 radical (unpaired) electrons. The Bertz CT molecular complexity index is 3760. The van der Waals surface area contributed by atoms with Crippen LogP contribution in [0.1, 0.15) is 52.7 Å². The summed E-state index contributed by atoms with van der Waals surface area (Å²) in [5.74, 6) is 0. The van der Waals surface area contributed by atoms with Crippen LogP contribution in [0.2, 0.25) is 0 Å². The minimum Gasteiger partial charge on any atom is -0.308 e. The van der Waals surface area contributed by atoms with E-state index < -0.39 is 0 Å². The zero-order chi connectivity index (χ0) is 42.8. The molecule has 0 saturated heterocycles. The number of rotatable bonds is 4. The fourth-order valence-corrected chi connectivity index (χ4v) is 11.1. The van der Waals surface area contributed by atoms with Gasteiger partial charge >= 0.3 is 0 Å². The van der Waals surface area contributed by atoms with Gasteiger partial charge in [-0.1, -0.05) is 199 Å². The van der Waals surface area contributed by atoms with Crippen LogP contribution in [0.4, 0.5) is 0 Å². The Balaban J connectivity index is 1.15. The second-order valence-corrected chi connectivity index (χ2v) is 19.7. The van der Waals surface area contributed by atoms with E-state index in [4.69, 9.17) is 0 Å². The van der Waals surface area contributed by atoms with Crippen molar-refractivity contribution in [1.82, 2.24) is 4.57 Å². The third kappa shape index (κ3) is 5.76. The van der Waals surface area contributed by atoms with Gasteiger partial charge < -0.3 is 4.57 Å². The van der Waals surface area contributed by atoms with Crippen molar-refractivity contribution in [3.8, 4) is 39.2 Å². The molecule has 302 valence electrons. The molecule has 0 aliphatic heterocycles. The van der Waals surface area contributed by atoms with Crippen molar-refractivity contribution in [3.05, 3.63) is 199 Å². The number of fused-ring (bicyclic) bond motifs is 4. The maximum absolute atomic E-state index is 2.56. The summed E-state index contributed by atoms with van der Waals surface area (Å²) in [4.78, 5) is 0. The molecule has 1 nitrogen and oxygen atoms in total. The third-order valence-corrected chi connectivity index (χ3v) is 13.6. The van der Waals surface area contributed by atoms with Crippen molar-refractivity contribution in [1.29, 1.82) is 0 Å². The lowest BCUT2D eigenvalue weighted by molar-refractivity contribution is 0.593. The summed E-state index contributed by atoms with van der Waals surface area (Å²) in [5, 5.41) is 16.9. The van der Waals surface area contributed by atoms with Gasteiger partial charge in [-0.15, -0.1) is 0 Å². The first-order chi connectivity index (χ1) is 30.5. The summed E-state index contributed by atoms with van der Waals surface area (Å²) in [7, 11) is 0. The molecule has 0 spiro atoms. The predicted molar refractivity (Wildman–Crippen MR) is 273 cm³/mol. The molecular formula is C62H49N. The first-order valence-corrected chi connectivity index (χ1v) is 22.4. The Hall–Kier alpha value is -7.22. The highest BCUT2D eigenvalue weighted by Crippen LogP contribution is 2.48. The third-order valence-electron chi connectivity index (χ3n) is 13.6. The van der Waals surface area contributed by atoms with Gasteiger partial charge in [-0.05, 0) is 134 Å². The van der Waals surface area contributed by atoms with Crippen molar-refractivity contribution >= 4 is 75.5 Å². The van der Waals surface area contributed by atoms with E-state index in [1.807, 2.05) is 0 Å². The number of hydrogen-bond donors (Lipinski definition) is 0. The van der Waals surface area contributed by atoms with E-state index in [9.17, 15) is 0 Å². The summed E-state index contributed by atoms with van der Waals surface area (Å²) < 4.78 is 2.56. The second kappa shape index (κ2) is 13.6. The fraction of sp³-hybridized carbons (Fsp3) is 0.129. The average Bonchev–Trinajstić information content (AvgIpc) is 3.62. The van der Waals surface area contributed by atoms with Crippen molar-refractivity contribution < 1.29 is 0 Å². The van der Waals surface area contributed by atoms with E-state index in [1.54, 1.807) is 0 Å². The maximum Gasteiger partial charge on any atom is 0.0619 e. The summed E-state index contributed by atoms with van der Waals surface area (Å²) >= 11 is 0. The molecule has 12 aromatic rings. The van der Waals surface area contributed by atoms with Crippen molar-refractivity contribution in [3.63, 3.8) is 0 Å². The van der Waals surface area contributed by atoms with Gasteiger partial charge in [-0.2, -0.15) is 0 Å². The fourth-order valence-electron chi connectivity index (χ4n) is 11.1. The van der Waals surface area contributed by atoms with Crippen molar-refractivity contribution in [2.24, 2.45) is 0 Å². The van der Waals surface area contributed by atoms with E-state index in [2.05, 4.69) is 234 Å². The standard InChI is InChI=1S/C62H49N/c1-61(2,3)58-47-22-13-14-23-48(47)59(62(4,5)6)51-35-44(29-31-49(51)58)43-26-27-45-37-54-52(36-46(45)34-43)57(38-16-9-7-10-17-38)60(42-18-11-8-12-19-42)63(54)53-33-30-41-25-24-39-20-15-21-40-28-32-50(53)56(41)55(39)40/h7-37H,1-6H3. The molecule has 1 aromatic heterocycles. The van der Waals surface area contributed by atoms with Crippen LogP contribution in [0, 0.1) is 0 Å². The molecule has 11 aromatic carbocycles. The van der Waals surface area contributed by atoms with Crippen LogP contribution in [-0.4, -0.2) is 4.57 Å². The summed E-state index contributed by atoms with van der Waals surface area (Å²) in [6, 6.07) is 70.8. The molecule has 1 heterocycles. The smallest absolute Gasteiger partial charge is 0.0619 e. The Morgan fingerprint density at radius 2 is 0.841 bits per heavy atom. The molecule has 1 heteroatoms. The van der Waals surface area contributed by atoms with E-state index in [0.29, 0.717) is 0 Å². The quantitative estimate of drug-likeness (QED) is 0.123. The molecular weight excluding hydrogens is 759 g/mol. The minimum atomic E-state index is -0.0476. The van der Waals surface area contributed by atoms with Gasteiger partial charge in [0.15, 0.2) is 0 Å². The van der Waals surface area contributed by atoms with Gasteiger partial charge in [0, 0.05) is 16.3 Å². The monoisotopic (exact) mass is 807 g/mol. The molecule has 12 rings (SSSR count). The van der Waals surface area contributed by atoms with Crippen LogP contribution in [0.25, 0.3) is 115 Å². The van der Waals surface area contributed by atoms with Crippen molar-refractivity contribution in [2.75, 3.05) is 0 Å². The predicted octanol–water partition coefficient (Wildman–Crippen LogP) is 17.6. The van der Waals surface area contributed by atoms with E-state index in [0.717, 1.165) is 0 Å². The molecule has 63 heavy (non-hydrogen) atoms. The van der Waals surface area contributed by atoms with Gasteiger partial charge in [0.25, 0.3) is 0 Å². The zero-order valence-electron chi connectivity index (χ0n) is 36.8. The Morgan fingerprint density at radius 1 is 0.317 bits per heavy atom. The normalized spacial score (nSPS) is 12.6. The van der Waals surface area contributed by atoms with Crippen LogP contribution in [0.5, 0.6) is 0 Å². The lowest BCUT2D eigenvalue weighted by Crippen LogP contribution is -2.17. The Labute approximate surface area is 369 Å². The summed E-state index contributed by atoms with van der Waals surface area (Å²) in [6.07, 6.45) is 0. The molecule has 0 N–H and O–H groups in total. The van der Waals surface area contributed by atoms with Crippen molar-refractivity contribution in [2.45, 2.75) is 52.4 Å². The first kappa shape index (κ1) is 37.5. The van der Waals surface area contributed by atoms with Gasteiger partial charge in [0.05, 0.1) is 16.9 Å². The van der Waals surface area contributed by atoms with Crippen LogP contribution >= 0.6 is 0 Å². The summed E-state index contributed by atoms with van der Waals surface area (Å²) in [6.45, 7) is 14.2. The Morgan fingerprint density at radius 3 is 1.52 bits per heavy atom. The van der Waals surface area contributed by atoms with E-state index >= 15 is 0 Å². The number of nitrogens with zero attached hydrogens (tertiary/aromatic N) is 1. The molecule has 0 saturated carbocycles. The first-order valence-electron chi connectivity index (χ1n) is 22.4. The minimum absolute atomic E-state index is 0.0207. The molecule has 0 bridgehead atoms. The molecule has 0 amide bonds. The number of hydrogen-bond acceptors (Lipinski definition) is 0. The molecule has 0 fully saturated rings. The van der Waals surface area contributed by atoms with E-state index in [1.165, 1.54) is 126 Å². The number of benzene rings is 11. The number of aromatic nitrogens is 1. The van der Waals surface area contributed by atoms with Crippen LogP contribution in [0.15, 0.2) is 188 Å². The maximum atomic E-state index is 2.56. The van der Waals surface area contributed by atoms with E-state index in [-0.39, 0.29) is 10.8 Å². The van der Waals surface area contributed by atoms with Gasteiger partial charge in [-0.25, -0.2) is 0 Å². The average molecular weight is 808 g/mol. The lowest BCUT2D eigenvalue weighted by atomic mass is 9.73. The Kier molecular flexibility index (Phi) is 8.13. The molecule has 0 unspecified atom stereocenters. The van der Waals surface area contributed by atoms with Gasteiger partial charge in [0.2, 0.25) is 0 Å². The highest BCUT2D eigenvalue weighted by molar-refractivity contribution is 6.25. The highest BCUT2D eigenvalue weighted by Gasteiger charge is 2.28. The topological polar surface area (TPSA) is 4.93 Å². The zero-order valence-corrected chi connectivity index (χ0v) is 36.8. The second-order valence-electron chi connectivity index (χ2n) is 19.7. The highest BCUT2D eigenvalue weighted by atomic mass is 15.0. The molecule has 0 aliphatic carbocycles. The van der Waals surface area contributed by atoms with Crippen LogP contribution in [-0.2, 0) is 10.8 Å². The largest absolute Gasteiger partial charge is 0.308 e. The molecule has 0 aliphatic rings. The van der Waals surface area contributed by atoms with Gasteiger partial charge in [0.1, 0.15) is 0 Å². The SMILES string of the molecule is CC(C)(C)c1c2ccccc2c(C(C)(C)C)c2cc(-c3ccc4cc5c(cc4c3)c(-c3ccccc3)c(-c3ccccc3)n5-c3ccc4ccc5cccc6ccc3c4c56)ccc12. The van der Waals surface area contributed by atoms with Gasteiger partial charge in [-0.3, -0.25) is 0 Å². The summed E-state index contributed by atoms with van der Waals surface area (Å²) in [5.41, 5.74) is 12.5. The molecule has 0 atom stereocenters.